The summed E-state index contributed by atoms with van der Waals surface area (Å²) in [6, 6.07) is 9.69. The predicted molar refractivity (Wildman–Crippen MR) is 112 cm³/mol. The van der Waals surface area contributed by atoms with Crippen LogP contribution in [0.3, 0.4) is 0 Å². The second-order valence-corrected chi connectivity index (χ2v) is 8.15. The predicted octanol–water partition coefficient (Wildman–Crippen LogP) is 4.40. The van der Waals surface area contributed by atoms with Gasteiger partial charge in [0, 0.05) is 31.2 Å². The van der Waals surface area contributed by atoms with Crippen molar-refractivity contribution in [2.24, 2.45) is 5.92 Å². The van der Waals surface area contributed by atoms with E-state index < -0.39 is 0 Å². The van der Waals surface area contributed by atoms with Crippen LogP contribution in [0.15, 0.2) is 24.3 Å². The molecule has 0 N–H and O–H groups in total. The molecule has 150 valence electrons. The Morgan fingerprint density at radius 3 is 2.36 bits per heavy atom. The highest BCUT2D eigenvalue weighted by molar-refractivity contribution is 5.76. The van der Waals surface area contributed by atoms with E-state index in [4.69, 9.17) is 5.26 Å². The fraction of sp³-hybridized carbons (Fsp3) is 0.522. The number of nitriles is 1. The second kappa shape index (κ2) is 9.54. The van der Waals surface area contributed by atoms with Crippen LogP contribution in [-0.4, -0.2) is 26.6 Å². The van der Waals surface area contributed by atoms with E-state index in [1.807, 2.05) is 37.8 Å². The molecule has 0 aliphatic rings. The van der Waals surface area contributed by atoms with Crippen LogP contribution in [0.5, 0.6) is 0 Å². The number of benzene rings is 1. The molecule has 0 radical (unpaired) electrons. The minimum atomic E-state index is 0.119. The maximum Gasteiger partial charge on any atom is 0.223 e. The van der Waals surface area contributed by atoms with Gasteiger partial charge in [-0.25, -0.2) is 0 Å². The van der Waals surface area contributed by atoms with Crippen LogP contribution >= 0.6 is 0 Å². The van der Waals surface area contributed by atoms with Crippen molar-refractivity contribution in [3.05, 3.63) is 52.3 Å². The van der Waals surface area contributed by atoms with Crippen molar-refractivity contribution in [3.63, 3.8) is 0 Å². The van der Waals surface area contributed by atoms with E-state index in [0.29, 0.717) is 30.9 Å². The molecule has 28 heavy (non-hydrogen) atoms. The second-order valence-electron chi connectivity index (χ2n) is 8.15. The molecule has 1 heterocycles. The van der Waals surface area contributed by atoms with E-state index in [0.717, 1.165) is 17.8 Å². The first-order valence-corrected chi connectivity index (χ1v) is 10.0. The van der Waals surface area contributed by atoms with E-state index in [1.54, 1.807) is 12.1 Å². The number of carbonyl (C=O) groups excluding carboxylic acids is 1. The Morgan fingerprint density at radius 2 is 1.82 bits per heavy atom. The zero-order chi connectivity index (χ0) is 20.8. The molecule has 0 aliphatic heterocycles. The monoisotopic (exact) mass is 380 g/mol. The molecule has 2 rings (SSSR count). The van der Waals surface area contributed by atoms with Crippen molar-refractivity contribution in [3.8, 4) is 6.07 Å². The first kappa shape index (κ1) is 21.7. The molecule has 0 saturated carbocycles. The van der Waals surface area contributed by atoms with Gasteiger partial charge < -0.3 is 4.90 Å². The van der Waals surface area contributed by atoms with Gasteiger partial charge in [-0.05, 0) is 63.3 Å². The van der Waals surface area contributed by atoms with Gasteiger partial charge in [-0.3, -0.25) is 9.48 Å². The molecule has 5 nitrogen and oxygen atoms in total. The molecule has 0 bridgehead atoms. The fourth-order valence-electron chi connectivity index (χ4n) is 3.44. The summed E-state index contributed by atoms with van der Waals surface area (Å²) in [5, 5.41) is 13.6. The van der Waals surface area contributed by atoms with Gasteiger partial charge >= 0.3 is 0 Å². The molecular weight excluding hydrogens is 348 g/mol. The Balaban J connectivity index is 2.06. The van der Waals surface area contributed by atoms with Gasteiger partial charge in [0.25, 0.3) is 0 Å². The molecule has 0 fully saturated rings. The van der Waals surface area contributed by atoms with E-state index >= 15 is 0 Å². The van der Waals surface area contributed by atoms with Crippen LogP contribution in [0, 0.1) is 31.1 Å². The smallest absolute Gasteiger partial charge is 0.223 e. The number of nitrogens with zero attached hydrogens (tertiary/aromatic N) is 4. The average molecular weight is 381 g/mol. The van der Waals surface area contributed by atoms with Crippen LogP contribution in [0.1, 0.15) is 62.2 Å². The minimum Gasteiger partial charge on any atom is -0.336 e. The van der Waals surface area contributed by atoms with Crippen LogP contribution in [0.25, 0.3) is 0 Å². The molecule has 0 unspecified atom stereocenters. The number of aromatic nitrogens is 2. The first-order valence-electron chi connectivity index (χ1n) is 10.0. The van der Waals surface area contributed by atoms with Crippen LogP contribution in [0.4, 0.5) is 0 Å². The first-order chi connectivity index (χ1) is 13.2. The summed E-state index contributed by atoms with van der Waals surface area (Å²) in [4.78, 5) is 14.8. The molecule has 0 saturated heterocycles. The third-order valence-corrected chi connectivity index (χ3v) is 5.04. The minimum absolute atomic E-state index is 0.119. The Hall–Kier alpha value is -2.61. The molecule has 1 aromatic carbocycles. The zero-order valence-electron chi connectivity index (χ0n) is 18.0. The summed E-state index contributed by atoms with van der Waals surface area (Å²) < 4.78 is 2.07. The van der Waals surface area contributed by atoms with Gasteiger partial charge in [0.15, 0.2) is 0 Å². The summed E-state index contributed by atoms with van der Waals surface area (Å²) in [5.41, 5.74) is 5.06. The highest BCUT2D eigenvalue weighted by Crippen LogP contribution is 2.18. The lowest BCUT2D eigenvalue weighted by Crippen LogP contribution is -2.36. The van der Waals surface area contributed by atoms with Crippen LogP contribution < -0.4 is 0 Å². The highest BCUT2D eigenvalue weighted by atomic mass is 16.2. The van der Waals surface area contributed by atoms with E-state index in [9.17, 15) is 4.79 Å². The zero-order valence-corrected chi connectivity index (χ0v) is 18.0. The topological polar surface area (TPSA) is 61.9 Å². The molecule has 0 aliphatic carbocycles. The summed E-state index contributed by atoms with van der Waals surface area (Å²) >= 11 is 0. The Kier molecular flexibility index (Phi) is 7.39. The van der Waals surface area contributed by atoms with Gasteiger partial charge in [0.2, 0.25) is 5.91 Å². The van der Waals surface area contributed by atoms with E-state index in [2.05, 4.69) is 36.6 Å². The summed E-state index contributed by atoms with van der Waals surface area (Å²) in [6.07, 6.45) is 1.19. The maximum absolute atomic E-state index is 12.9. The lowest BCUT2D eigenvalue weighted by molar-refractivity contribution is -0.133. The lowest BCUT2D eigenvalue weighted by atomic mass is 10.1. The molecule has 2 aromatic rings. The standard InChI is InChI=1S/C23H32N4O/c1-16(2)14-27-19(6)22(18(5)25-27)11-12-23(28)26(17(3)4)15-21-9-7-20(13-24)8-10-21/h7-10,16-17H,11-12,14-15H2,1-6H3. The third kappa shape index (κ3) is 5.45. The van der Waals surface area contributed by atoms with E-state index in [-0.39, 0.29) is 11.9 Å². The number of hydrogen-bond donors (Lipinski definition) is 0. The molecular formula is C23H32N4O. The molecule has 1 amide bonds. The number of aryl methyl sites for hydroxylation is 1. The van der Waals surface area contributed by atoms with Gasteiger partial charge in [-0.1, -0.05) is 26.0 Å². The quantitative estimate of drug-likeness (QED) is 0.682. The van der Waals surface area contributed by atoms with Crippen molar-refractivity contribution in [2.45, 2.75) is 73.5 Å². The van der Waals surface area contributed by atoms with Crippen LogP contribution in [-0.2, 0) is 24.3 Å². The number of hydrogen-bond acceptors (Lipinski definition) is 3. The van der Waals surface area contributed by atoms with Crippen molar-refractivity contribution < 1.29 is 4.79 Å². The molecule has 1 aromatic heterocycles. The van der Waals surface area contributed by atoms with Gasteiger partial charge in [0.1, 0.15) is 0 Å². The fourth-order valence-corrected chi connectivity index (χ4v) is 3.44. The lowest BCUT2D eigenvalue weighted by Gasteiger charge is -2.27. The van der Waals surface area contributed by atoms with E-state index in [1.165, 1.54) is 11.3 Å². The Bertz CT molecular complexity index is 841. The Morgan fingerprint density at radius 1 is 1.18 bits per heavy atom. The highest BCUT2D eigenvalue weighted by Gasteiger charge is 2.19. The van der Waals surface area contributed by atoms with Crippen molar-refractivity contribution in [1.82, 2.24) is 14.7 Å². The average Bonchev–Trinajstić information content (AvgIpc) is 2.90. The maximum atomic E-state index is 12.9. The van der Waals surface area contributed by atoms with Crippen LogP contribution in [0.2, 0.25) is 0 Å². The van der Waals surface area contributed by atoms with Crippen molar-refractivity contribution >= 4 is 5.91 Å². The van der Waals surface area contributed by atoms with Gasteiger partial charge in [0.05, 0.1) is 17.3 Å². The van der Waals surface area contributed by atoms with Crippen molar-refractivity contribution in [1.29, 1.82) is 5.26 Å². The number of carbonyl (C=O) groups is 1. The van der Waals surface area contributed by atoms with Gasteiger partial charge in [-0.2, -0.15) is 10.4 Å². The molecule has 0 spiro atoms. The molecule has 0 atom stereocenters. The third-order valence-electron chi connectivity index (χ3n) is 5.04. The summed E-state index contributed by atoms with van der Waals surface area (Å²) in [5.74, 6) is 0.686. The van der Waals surface area contributed by atoms with Crippen molar-refractivity contribution in [2.75, 3.05) is 0 Å². The number of rotatable bonds is 8. The van der Waals surface area contributed by atoms with Gasteiger partial charge in [-0.15, -0.1) is 0 Å². The summed E-state index contributed by atoms with van der Waals surface area (Å²) in [6.45, 7) is 14.0. The normalized spacial score (nSPS) is 11.1. The SMILES string of the molecule is Cc1nn(CC(C)C)c(C)c1CCC(=O)N(Cc1ccc(C#N)cc1)C(C)C. The summed E-state index contributed by atoms with van der Waals surface area (Å²) in [7, 11) is 0. The Labute approximate surface area is 169 Å². The number of amides is 1. The largest absolute Gasteiger partial charge is 0.336 e. The molecule has 5 heteroatoms.